The van der Waals surface area contributed by atoms with E-state index in [1.807, 2.05) is 6.07 Å². The van der Waals surface area contributed by atoms with Crippen molar-refractivity contribution in [3.63, 3.8) is 0 Å². The number of benzene rings is 1. The van der Waals surface area contributed by atoms with Gasteiger partial charge in [-0.1, -0.05) is 18.2 Å². The van der Waals surface area contributed by atoms with Gasteiger partial charge in [-0.25, -0.2) is 9.97 Å². The van der Waals surface area contributed by atoms with Gasteiger partial charge in [-0.15, -0.1) is 0 Å². The fourth-order valence-corrected chi connectivity index (χ4v) is 3.09. The van der Waals surface area contributed by atoms with Crippen molar-refractivity contribution in [2.45, 2.75) is 6.54 Å². The smallest absolute Gasteiger partial charge is 0.246 e. The predicted molar refractivity (Wildman–Crippen MR) is 104 cm³/mol. The van der Waals surface area contributed by atoms with Gasteiger partial charge in [0.1, 0.15) is 6.54 Å². The van der Waals surface area contributed by atoms with Crippen molar-refractivity contribution in [3.05, 3.63) is 61.2 Å². The molecule has 2 aromatic heterocycles. The van der Waals surface area contributed by atoms with Crippen LogP contribution in [-0.2, 0) is 11.3 Å². The Morgan fingerprint density at radius 1 is 0.963 bits per heavy atom. The average molecular weight is 363 g/mol. The SMILES string of the molecule is O=C(Cn1cccn1)Nc1cnc(N2CCN(c3ccccc3)CC2)nc1. The Labute approximate surface area is 157 Å². The van der Waals surface area contributed by atoms with Crippen molar-refractivity contribution in [1.82, 2.24) is 19.7 Å². The van der Waals surface area contributed by atoms with E-state index in [2.05, 4.69) is 54.4 Å². The molecule has 0 spiro atoms. The second-order valence-electron chi connectivity index (χ2n) is 6.33. The van der Waals surface area contributed by atoms with Crippen LogP contribution in [0.1, 0.15) is 0 Å². The summed E-state index contributed by atoms with van der Waals surface area (Å²) in [6, 6.07) is 12.2. The van der Waals surface area contributed by atoms with Crippen LogP contribution in [0.2, 0.25) is 0 Å². The molecule has 1 aromatic carbocycles. The number of hydrogen-bond donors (Lipinski definition) is 1. The van der Waals surface area contributed by atoms with E-state index in [-0.39, 0.29) is 12.5 Å². The molecule has 1 N–H and O–H groups in total. The topological polar surface area (TPSA) is 79.2 Å². The summed E-state index contributed by atoms with van der Waals surface area (Å²) in [4.78, 5) is 25.3. The van der Waals surface area contributed by atoms with Gasteiger partial charge >= 0.3 is 0 Å². The summed E-state index contributed by atoms with van der Waals surface area (Å²) in [6.45, 7) is 3.74. The van der Waals surface area contributed by atoms with Gasteiger partial charge in [0.2, 0.25) is 11.9 Å². The van der Waals surface area contributed by atoms with Gasteiger partial charge in [0.05, 0.1) is 18.1 Å². The van der Waals surface area contributed by atoms with Crippen LogP contribution >= 0.6 is 0 Å². The van der Waals surface area contributed by atoms with Crippen molar-refractivity contribution in [1.29, 1.82) is 0 Å². The number of amides is 1. The number of anilines is 3. The third-order valence-electron chi connectivity index (χ3n) is 4.47. The average Bonchev–Trinajstić information content (AvgIpc) is 3.22. The maximum atomic E-state index is 12.0. The largest absolute Gasteiger partial charge is 0.368 e. The van der Waals surface area contributed by atoms with Crippen molar-refractivity contribution in [3.8, 4) is 0 Å². The molecule has 8 heteroatoms. The molecule has 1 saturated heterocycles. The molecular weight excluding hydrogens is 342 g/mol. The highest BCUT2D eigenvalue weighted by molar-refractivity contribution is 5.90. The molecule has 4 rings (SSSR count). The minimum Gasteiger partial charge on any atom is -0.368 e. The maximum Gasteiger partial charge on any atom is 0.246 e. The predicted octanol–water partition coefficient (Wildman–Crippen LogP) is 1.64. The summed E-state index contributed by atoms with van der Waals surface area (Å²) >= 11 is 0. The van der Waals surface area contributed by atoms with E-state index in [1.165, 1.54) is 5.69 Å². The first-order valence-corrected chi connectivity index (χ1v) is 8.92. The van der Waals surface area contributed by atoms with E-state index in [1.54, 1.807) is 35.5 Å². The van der Waals surface area contributed by atoms with E-state index in [0.717, 1.165) is 26.2 Å². The lowest BCUT2D eigenvalue weighted by Gasteiger charge is -2.36. The van der Waals surface area contributed by atoms with Crippen LogP contribution < -0.4 is 15.1 Å². The zero-order valence-electron chi connectivity index (χ0n) is 14.9. The number of nitrogens with one attached hydrogen (secondary N) is 1. The number of piperazine rings is 1. The lowest BCUT2D eigenvalue weighted by Crippen LogP contribution is -2.47. The highest BCUT2D eigenvalue weighted by Crippen LogP contribution is 2.18. The molecule has 0 aliphatic carbocycles. The van der Waals surface area contributed by atoms with Crippen LogP contribution in [0, 0.1) is 0 Å². The summed E-state index contributed by atoms with van der Waals surface area (Å²) in [6.07, 6.45) is 6.68. The number of carbonyl (C=O) groups excluding carboxylic acids is 1. The highest BCUT2D eigenvalue weighted by Gasteiger charge is 2.19. The molecule has 3 aromatic rings. The van der Waals surface area contributed by atoms with Crippen LogP contribution in [0.5, 0.6) is 0 Å². The summed E-state index contributed by atoms with van der Waals surface area (Å²) in [5.74, 6) is 0.527. The third kappa shape index (κ3) is 4.22. The molecule has 0 atom stereocenters. The van der Waals surface area contributed by atoms with Gasteiger partial charge in [0.15, 0.2) is 0 Å². The van der Waals surface area contributed by atoms with Crippen LogP contribution in [0.4, 0.5) is 17.3 Å². The first-order chi connectivity index (χ1) is 13.3. The van der Waals surface area contributed by atoms with Crippen molar-refractivity contribution >= 4 is 23.2 Å². The lowest BCUT2D eigenvalue weighted by molar-refractivity contribution is -0.116. The maximum absolute atomic E-state index is 12.0. The minimum atomic E-state index is -0.161. The molecule has 0 unspecified atom stereocenters. The Morgan fingerprint density at radius 2 is 1.67 bits per heavy atom. The van der Waals surface area contributed by atoms with E-state index < -0.39 is 0 Å². The molecule has 0 saturated carbocycles. The number of carbonyl (C=O) groups is 1. The van der Waals surface area contributed by atoms with Gasteiger partial charge in [-0.2, -0.15) is 5.10 Å². The molecule has 8 nitrogen and oxygen atoms in total. The highest BCUT2D eigenvalue weighted by atomic mass is 16.2. The van der Waals surface area contributed by atoms with E-state index >= 15 is 0 Å². The molecule has 138 valence electrons. The van der Waals surface area contributed by atoms with Crippen molar-refractivity contribution < 1.29 is 4.79 Å². The number of nitrogens with zero attached hydrogens (tertiary/aromatic N) is 6. The van der Waals surface area contributed by atoms with Gasteiger partial charge in [0.25, 0.3) is 0 Å². The molecule has 3 heterocycles. The summed E-state index contributed by atoms with van der Waals surface area (Å²) in [7, 11) is 0. The van der Waals surface area contributed by atoms with Gasteiger partial charge in [-0.05, 0) is 18.2 Å². The van der Waals surface area contributed by atoms with Crippen LogP contribution in [0.15, 0.2) is 61.2 Å². The lowest BCUT2D eigenvalue weighted by atomic mass is 10.2. The monoisotopic (exact) mass is 363 g/mol. The number of para-hydroxylation sites is 1. The summed E-state index contributed by atoms with van der Waals surface area (Å²) < 4.78 is 1.57. The second-order valence-corrected chi connectivity index (χ2v) is 6.33. The van der Waals surface area contributed by atoms with E-state index in [0.29, 0.717) is 11.6 Å². The molecule has 1 fully saturated rings. The van der Waals surface area contributed by atoms with Crippen molar-refractivity contribution in [2.75, 3.05) is 41.3 Å². The van der Waals surface area contributed by atoms with Crippen LogP contribution in [0.25, 0.3) is 0 Å². The van der Waals surface area contributed by atoms with E-state index in [4.69, 9.17) is 0 Å². The Bertz CT molecular complexity index is 857. The number of hydrogen-bond acceptors (Lipinski definition) is 6. The Kier molecular flexibility index (Phi) is 4.95. The molecular formula is C19H21N7O. The molecule has 1 aliphatic heterocycles. The summed E-state index contributed by atoms with van der Waals surface area (Å²) in [5, 5.41) is 6.80. The van der Waals surface area contributed by atoms with Gasteiger partial charge < -0.3 is 15.1 Å². The fraction of sp³-hybridized carbons (Fsp3) is 0.263. The summed E-state index contributed by atoms with van der Waals surface area (Å²) in [5.41, 5.74) is 1.83. The third-order valence-corrected chi connectivity index (χ3v) is 4.47. The quantitative estimate of drug-likeness (QED) is 0.742. The molecule has 0 radical (unpaired) electrons. The molecule has 1 amide bonds. The van der Waals surface area contributed by atoms with Crippen LogP contribution in [-0.4, -0.2) is 51.8 Å². The molecule has 27 heavy (non-hydrogen) atoms. The van der Waals surface area contributed by atoms with Crippen LogP contribution in [0.3, 0.4) is 0 Å². The molecule has 1 aliphatic rings. The van der Waals surface area contributed by atoms with Gasteiger partial charge in [0, 0.05) is 44.3 Å². The normalized spacial score (nSPS) is 14.2. The Morgan fingerprint density at radius 3 is 2.33 bits per heavy atom. The fourth-order valence-electron chi connectivity index (χ4n) is 3.09. The standard InChI is InChI=1S/C19H21N7O/c27-18(15-26-8-4-7-22-26)23-16-13-20-19(21-14-16)25-11-9-24(10-12-25)17-5-2-1-3-6-17/h1-8,13-14H,9-12,15H2,(H,23,27). The number of aromatic nitrogens is 4. The number of rotatable bonds is 5. The second kappa shape index (κ2) is 7.86. The van der Waals surface area contributed by atoms with E-state index in [9.17, 15) is 4.79 Å². The first kappa shape index (κ1) is 17.0. The van der Waals surface area contributed by atoms with Gasteiger partial charge in [-0.3, -0.25) is 9.48 Å². The zero-order valence-corrected chi connectivity index (χ0v) is 14.9. The first-order valence-electron chi connectivity index (χ1n) is 8.92. The Hall–Kier alpha value is -3.42. The zero-order chi connectivity index (χ0) is 18.5. The Balaban J connectivity index is 1.31. The molecule has 0 bridgehead atoms. The minimum absolute atomic E-state index is 0.161. The van der Waals surface area contributed by atoms with Crippen molar-refractivity contribution in [2.24, 2.45) is 0 Å².